The van der Waals surface area contributed by atoms with Gasteiger partial charge in [0.2, 0.25) is 17.7 Å². The van der Waals surface area contributed by atoms with E-state index >= 15 is 0 Å². The third kappa shape index (κ3) is 6.08. The van der Waals surface area contributed by atoms with Gasteiger partial charge in [-0.15, -0.1) is 0 Å². The fourth-order valence-electron chi connectivity index (χ4n) is 6.65. The number of carbonyl (C=O) groups excluding carboxylic acids is 5. The van der Waals surface area contributed by atoms with Crippen LogP contribution < -0.4 is 10.6 Å². The Morgan fingerprint density at radius 2 is 1.58 bits per heavy atom. The van der Waals surface area contributed by atoms with Crippen molar-refractivity contribution in [3.05, 3.63) is 107 Å². The molecule has 11 nitrogen and oxygen atoms in total. The third-order valence-electron chi connectivity index (χ3n) is 9.28. The number of halogens is 1. The highest BCUT2D eigenvalue weighted by atomic mass is 19.1. The number of rotatable bonds is 8. The molecule has 4 aromatic rings. The first-order chi connectivity index (χ1) is 23.2. The van der Waals surface area contributed by atoms with Gasteiger partial charge in [0.05, 0.1) is 29.8 Å². The van der Waals surface area contributed by atoms with E-state index in [-0.39, 0.29) is 41.7 Å². The molecule has 1 aromatic heterocycles. The average molecular weight is 649 g/mol. The maximum absolute atomic E-state index is 13.4. The van der Waals surface area contributed by atoms with Gasteiger partial charge in [-0.3, -0.25) is 38.9 Å². The van der Waals surface area contributed by atoms with Crippen LogP contribution in [0.25, 0.3) is 11.1 Å². The molecule has 5 amide bonds. The van der Waals surface area contributed by atoms with E-state index < -0.39 is 29.7 Å². The topological polar surface area (TPSA) is 134 Å². The molecule has 0 bridgehead atoms. The van der Waals surface area contributed by atoms with Crippen molar-refractivity contribution in [1.82, 2.24) is 24.9 Å². The number of hydrogen-bond acceptors (Lipinski definition) is 7. The van der Waals surface area contributed by atoms with Crippen LogP contribution in [0.15, 0.2) is 79.1 Å². The summed E-state index contributed by atoms with van der Waals surface area (Å²) in [6.45, 7) is 1.61. The van der Waals surface area contributed by atoms with Crippen LogP contribution in [-0.4, -0.2) is 68.2 Å². The molecule has 4 heterocycles. The maximum Gasteiger partial charge on any atom is 0.264 e. The van der Waals surface area contributed by atoms with Gasteiger partial charge < -0.3 is 10.2 Å². The second kappa shape index (κ2) is 12.9. The van der Waals surface area contributed by atoms with Crippen molar-refractivity contribution in [2.75, 3.05) is 18.4 Å². The average Bonchev–Trinajstić information content (AvgIpc) is 3.67. The Hall–Kier alpha value is -5.65. The number of anilines is 1. The van der Waals surface area contributed by atoms with Gasteiger partial charge in [-0.2, -0.15) is 5.10 Å². The number of aromatic nitrogens is 2. The van der Waals surface area contributed by atoms with Crippen molar-refractivity contribution >= 4 is 35.2 Å². The quantitative estimate of drug-likeness (QED) is 0.275. The summed E-state index contributed by atoms with van der Waals surface area (Å²) < 4.78 is 15.2. The van der Waals surface area contributed by atoms with Gasteiger partial charge in [-0.05, 0) is 60.2 Å². The van der Waals surface area contributed by atoms with E-state index in [1.807, 2.05) is 40.0 Å². The minimum Gasteiger partial charge on any atom is -0.380 e. The predicted octanol–water partition coefficient (Wildman–Crippen LogP) is 4.11. The van der Waals surface area contributed by atoms with Gasteiger partial charge in [-0.25, -0.2) is 4.39 Å². The van der Waals surface area contributed by atoms with Crippen LogP contribution >= 0.6 is 0 Å². The Kier molecular flexibility index (Phi) is 8.30. The number of hydrogen-bond donors (Lipinski definition) is 2. The molecule has 1 atom stereocenters. The smallest absolute Gasteiger partial charge is 0.264 e. The second-order valence-corrected chi connectivity index (χ2v) is 12.4. The summed E-state index contributed by atoms with van der Waals surface area (Å²) in [4.78, 5) is 66.4. The molecule has 1 unspecified atom stereocenters. The second-order valence-electron chi connectivity index (χ2n) is 12.4. The Bertz CT molecular complexity index is 1910. The molecule has 2 fully saturated rings. The number of imide groups is 2. The van der Waals surface area contributed by atoms with E-state index in [1.54, 1.807) is 36.5 Å². The molecular formula is C36H33FN6O5. The number of likely N-dealkylation sites (tertiary alicyclic amines) is 1. The largest absolute Gasteiger partial charge is 0.380 e. The normalized spacial score (nSPS) is 18.2. The lowest BCUT2D eigenvalue weighted by molar-refractivity contribution is -0.136. The number of fused-ring (bicyclic) bond motifs is 1. The van der Waals surface area contributed by atoms with Crippen LogP contribution in [0.1, 0.15) is 63.6 Å². The first-order valence-electron chi connectivity index (χ1n) is 16.0. The minimum absolute atomic E-state index is 0.0592. The van der Waals surface area contributed by atoms with Crippen molar-refractivity contribution in [1.29, 1.82) is 0 Å². The molecule has 2 saturated heterocycles. The molecular weight excluding hydrogens is 615 g/mol. The van der Waals surface area contributed by atoms with Crippen molar-refractivity contribution in [3.63, 3.8) is 0 Å². The fourth-order valence-corrected chi connectivity index (χ4v) is 6.65. The van der Waals surface area contributed by atoms with Gasteiger partial charge in [0.15, 0.2) is 0 Å². The zero-order valence-corrected chi connectivity index (χ0v) is 26.0. The fraction of sp³-hybridized carbons (Fsp3) is 0.278. The molecule has 48 heavy (non-hydrogen) atoms. The van der Waals surface area contributed by atoms with Crippen molar-refractivity contribution in [2.24, 2.45) is 0 Å². The van der Waals surface area contributed by atoms with Crippen molar-refractivity contribution in [2.45, 2.75) is 50.7 Å². The Morgan fingerprint density at radius 3 is 2.29 bits per heavy atom. The Labute approximate surface area is 275 Å². The minimum atomic E-state index is -1.02. The summed E-state index contributed by atoms with van der Waals surface area (Å²) in [5, 5.41) is 10.0. The van der Waals surface area contributed by atoms with Crippen LogP contribution in [0.3, 0.4) is 0 Å². The highest BCUT2D eigenvalue weighted by molar-refractivity contribution is 6.25. The molecule has 3 aliphatic heterocycles. The van der Waals surface area contributed by atoms with Gasteiger partial charge in [0.1, 0.15) is 11.9 Å². The standard InChI is InChI=1S/C36H33FN6O5/c37-26-10-8-25(9-11-26)24-6-4-22(5-7-24)18-32(45)41-16-14-27(15-17-41)42-21-23(20-39-42)19-38-29-3-1-2-28-33(29)36(48)43(35(28)47)30-12-13-31(44)40-34(30)46/h1-11,20-21,27,30,38H,12-19H2,(H,40,44,46). The molecule has 0 spiro atoms. The summed E-state index contributed by atoms with van der Waals surface area (Å²) in [5.74, 6) is -2.38. The molecule has 0 radical (unpaired) electrons. The highest BCUT2D eigenvalue weighted by Gasteiger charge is 2.45. The van der Waals surface area contributed by atoms with Crippen LogP contribution in [0.2, 0.25) is 0 Å². The SMILES string of the molecule is O=C1CCC(N2C(=O)c3cccc(NCc4cnn(C5CCN(C(=O)Cc6ccc(-c7ccc(F)cc7)cc6)CC5)c4)c3C2=O)C(=O)N1. The molecule has 3 aromatic carbocycles. The zero-order chi connectivity index (χ0) is 33.4. The number of piperidine rings is 2. The monoisotopic (exact) mass is 648 g/mol. The lowest BCUT2D eigenvalue weighted by Gasteiger charge is -2.32. The molecule has 3 aliphatic rings. The van der Waals surface area contributed by atoms with E-state index in [9.17, 15) is 28.4 Å². The lowest BCUT2D eigenvalue weighted by Crippen LogP contribution is -2.54. The van der Waals surface area contributed by atoms with Crippen LogP contribution in [-0.2, 0) is 27.3 Å². The number of amides is 5. The zero-order valence-electron chi connectivity index (χ0n) is 26.0. The van der Waals surface area contributed by atoms with Crippen molar-refractivity contribution < 1.29 is 28.4 Å². The molecule has 0 aliphatic carbocycles. The summed E-state index contributed by atoms with van der Waals surface area (Å²) in [5.41, 5.74) is 4.60. The van der Waals surface area contributed by atoms with E-state index in [2.05, 4.69) is 15.7 Å². The lowest BCUT2D eigenvalue weighted by atomic mass is 10.0. The van der Waals surface area contributed by atoms with Crippen molar-refractivity contribution in [3.8, 4) is 11.1 Å². The summed E-state index contributed by atoms with van der Waals surface area (Å²) >= 11 is 0. The summed E-state index contributed by atoms with van der Waals surface area (Å²) in [6.07, 6.45) is 5.71. The highest BCUT2D eigenvalue weighted by Crippen LogP contribution is 2.33. The number of benzene rings is 3. The molecule has 0 saturated carbocycles. The first kappa shape index (κ1) is 31.0. The Balaban J connectivity index is 0.924. The van der Waals surface area contributed by atoms with E-state index in [1.165, 1.54) is 12.1 Å². The molecule has 2 N–H and O–H groups in total. The van der Waals surface area contributed by atoms with Gasteiger partial charge in [0, 0.05) is 43.5 Å². The number of nitrogens with one attached hydrogen (secondary N) is 2. The van der Waals surface area contributed by atoms with Crippen LogP contribution in [0.4, 0.5) is 10.1 Å². The first-order valence-corrected chi connectivity index (χ1v) is 16.0. The number of carbonyl (C=O) groups is 5. The van der Waals surface area contributed by atoms with Crippen LogP contribution in [0.5, 0.6) is 0 Å². The van der Waals surface area contributed by atoms with E-state index in [0.29, 0.717) is 31.7 Å². The summed E-state index contributed by atoms with van der Waals surface area (Å²) in [7, 11) is 0. The van der Waals surface area contributed by atoms with Gasteiger partial charge >= 0.3 is 0 Å². The van der Waals surface area contributed by atoms with E-state index in [4.69, 9.17) is 0 Å². The number of nitrogens with zero attached hydrogens (tertiary/aromatic N) is 4. The maximum atomic E-state index is 13.4. The summed E-state index contributed by atoms with van der Waals surface area (Å²) in [6, 6.07) is 18.2. The van der Waals surface area contributed by atoms with Gasteiger partial charge in [0.25, 0.3) is 11.8 Å². The van der Waals surface area contributed by atoms with Crippen LogP contribution in [0, 0.1) is 5.82 Å². The molecule has 244 valence electrons. The molecule has 12 heteroatoms. The third-order valence-corrected chi connectivity index (χ3v) is 9.28. The van der Waals surface area contributed by atoms with Gasteiger partial charge in [-0.1, -0.05) is 42.5 Å². The predicted molar refractivity (Wildman–Crippen MR) is 173 cm³/mol. The van der Waals surface area contributed by atoms with E-state index in [0.717, 1.165) is 40.0 Å². The Morgan fingerprint density at radius 1 is 0.875 bits per heavy atom. The molecule has 7 rings (SSSR count).